The van der Waals surface area contributed by atoms with Crippen LogP contribution >= 0.6 is 0 Å². The minimum absolute atomic E-state index is 0.154. The van der Waals surface area contributed by atoms with Crippen molar-refractivity contribution in [1.82, 2.24) is 4.90 Å². The van der Waals surface area contributed by atoms with E-state index in [9.17, 15) is 14.4 Å². The first-order valence-electron chi connectivity index (χ1n) is 11.5. The quantitative estimate of drug-likeness (QED) is 0.407. The minimum Gasteiger partial charge on any atom is -0.445 e. The number of carbonyl (C=O) groups excluding carboxylic acids is 2. The molecule has 1 saturated heterocycles. The largest absolute Gasteiger partial charge is 0.445 e. The lowest BCUT2D eigenvalue weighted by atomic mass is 10.1. The summed E-state index contributed by atoms with van der Waals surface area (Å²) in [6, 6.07) is 24.9. The summed E-state index contributed by atoms with van der Waals surface area (Å²) in [4.78, 5) is 39.7. The number of para-hydroxylation sites is 1. The van der Waals surface area contributed by atoms with E-state index >= 15 is 0 Å². The molecule has 0 bridgehead atoms. The Morgan fingerprint density at radius 3 is 2.63 bits per heavy atom. The number of amides is 2. The second-order valence-corrected chi connectivity index (χ2v) is 8.45. The zero-order valence-corrected chi connectivity index (χ0v) is 19.0. The van der Waals surface area contributed by atoms with Crippen molar-refractivity contribution in [2.75, 3.05) is 11.9 Å². The number of likely N-dealkylation sites (tertiary alicyclic amines) is 1. The number of carbonyl (C=O) groups is 2. The second kappa shape index (κ2) is 9.85. The third kappa shape index (κ3) is 4.94. The minimum atomic E-state index is -0.618. The zero-order valence-electron chi connectivity index (χ0n) is 19.0. The Bertz CT molecular complexity index is 1430. The lowest BCUT2D eigenvalue weighted by Crippen LogP contribution is -2.43. The van der Waals surface area contributed by atoms with Gasteiger partial charge in [-0.25, -0.2) is 9.59 Å². The molecule has 3 aromatic carbocycles. The Morgan fingerprint density at radius 1 is 0.971 bits per heavy atom. The van der Waals surface area contributed by atoms with Gasteiger partial charge in [-0.05, 0) is 48.2 Å². The van der Waals surface area contributed by atoms with Gasteiger partial charge >= 0.3 is 11.7 Å². The highest BCUT2D eigenvalue weighted by molar-refractivity contribution is 5.97. The highest BCUT2D eigenvalue weighted by atomic mass is 16.6. The average molecular weight is 469 g/mol. The molecule has 0 aliphatic carbocycles. The first-order chi connectivity index (χ1) is 17.1. The maximum Gasteiger partial charge on any atom is 0.410 e. The summed E-state index contributed by atoms with van der Waals surface area (Å²) in [5.41, 5.74) is 2.53. The first-order valence-corrected chi connectivity index (χ1v) is 11.5. The SMILES string of the molecule is O=C(Nc1cccc(-c2cc3ccccc3oc2=O)c1)C1CCCN1C(=O)OCc1ccccc1. The van der Waals surface area contributed by atoms with Gasteiger partial charge < -0.3 is 14.5 Å². The van der Waals surface area contributed by atoms with Gasteiger partial charge in [-0.1, -0.05) is 60.7 Å². The highest BCUT2D eigenvalue weighted by Crippen LogP contribution is 2.25. The van der Waals surface area contributed by atoms with Crippen LogP contribution < -0.4 is 10.9 Å². The molecular weight excluding hydrogens is 444 g/mol. The third-order valence-corrected chi connectivity index (χ3v) is 6.08. The van der Waals surface area contributed by atoms with Crippen LogP contribution in [0.25, 0.3) is 22.1 Å². The van der Waals surface area contributed by atoms with E-state index in [1.165, 1.54) is 4.90 Å². The molecule has 35 heavy (non-hydrogen) atoms. The lowest BCUT2D eigenvalue weighted by Gasteiger charge is -2.23. The molecule has 7 nitrogen and oxygen atoms in total. The van der Waals surface area contributed by atoms with Gasteiger partial charge in [0.15, 0.2) is 0 Å². The molecule has 176 valence electrons. The Hall–Kier alpha value is -4.39. The molecule has 1 atom stereocenters. The van der Waals surface area contributed by atoms with Crippen molar-refractivity contribution >= 4 is 28.7 Å². The molecule has 0 spiro atoms. The number of hydrogen-bond acceptors (Lipinski definition) is 5. The fourth-order valence-corrected chi connectivity index (χ4v) is 4.31. The van der Waals surface area contributed by atoms with Gasteiger partial charge in [0.2, 0.25) is 5.91 Å². The van der Waals surface area contributed by atoms with Crippen molar-refractivity contribution in [1.29, 1.82) is 0 Å². The van der Waals surface area contributed by atoms with Crippen LogP contribution in [0.1, 0.15) is 18.4 Å². The Labute approximate surface area is 201 Å². The molecule has 1 aliphatic rings. The maximum absolute atomic E-state index is 13.1. The normalized spacial score (nSPS) is 15.2. The van der Waals surface area contributed by atoms with Gasteiger partial charge in [-0.15, -0.1) is 0 Å². The molecule has 4 aromatic rings. The maximum atomic E-state index is 13.1. The number of ether oxygens (including phenoxy) is 1. The zero-order chi connectivity index (χ0) is 24.2. The number of benzene rings is 3. The van der Waals surface area contributed by atoms with Crippen molar-refractivity contribution < 1.29 is 18.7 Å². The molecule has 5 rings (SSSR count). The van der Waals surface area contributed by atoms with E-state index in [2.05, 4.69) is 5.32 Å². The summed E-state index contributed by atoms with van der Waals surface area (Å²) in [6.45, 7) is 0.616. The van der Waals surface area contributed by atoms with Gasteiger partial charge in [-0.2, -0.15) is 0 Å². The van der Waals surface area contributed by atoms with Crippen LogP contribution in [-0.2, 0) is 16.1 Å². The highest BCUT2D eigenvalue weighted by Gasteiger charge is 2.35. The van der Waals surface area contributed by atoms with Crippen molar-refractivity contribution in [2.45, 2.75) is 25.5 Å². The summed E-state index contributed by atoms with van der Waals surface area (Å²) < 4.78 is 10.9. The van der Waals surface area contributed by atoms with Crippen LogP contribution in [0, 0.1) is 0 Å². The summed E-state index contributed by atoms with van der Waals surface area (Å²) in [5, 5.41) is 3.70. The number of hydrogen-bond donors (Lipinski definition) is 1. The molecule has 0 saturated carbocycles. The number of fused-ring (bicyclic) bond motifs is 1. The fraction of sp³-hybridized carbons (Fsp3) is 0.179. The molecule has 2 amide bonds. The van der Waals surface area contributed by atoms with Gasteiger partial charge in [0.25, 0.3) is 0 Å². The fourth-order valence-electron chi connectivity index (χ4n) is 4.31. The lowest BCUT2D eigenvalue weighted by molar-refractivity contribution is -0.120. The molecule has 2 heterocycles. The summed E-state index contributed by atoms with van der Waals surface area (Å²) in [6.07, 6.45) is 0.769. The van der Waals surface area contributed by atoms with E-state index in [1.807, 2.05) is 48.5 Å². The number of nitrogens with zero attached hydrogens (tertiary/aromatic N) is 1. The van der Waals surface area contributed by atoms with Crippen molar-refractivity contribution in [3.63, 3.8) is 0 Å². The predicted octanol–water partition coefficient (Wildman–Crippen LogP) is 5.20. The van der Waals surface area contributed by atoms with Gasteiger partial charge in [-0.3, -0.25) is 9.69 Å². The van der Waals surface area contributed by atoms with E-state index in [1.54, 1.807) is 36.4 Å². The van der Waals surface area contributed by atoms with Crippen molar-refractivity contribution in [2.24, 2.45) is 0 Å². The first kappa shape index (κ1) is 22.4. The Morgan fingerprint density at radius 2 is 1.77 bits per heavy atom. The molecule has 1 N–H and O–H groups in total. The van der Waals surface area contributed by atoms with Crippen molar-refractivity contribution in [3.05, 3.63) is 101 Å². The third-order valence-electron chi connectivity index (χ3n) is 6.08. The van der Waals surface area contributed by atoms with Crippen LogP contribution in [0.5, 0.6) is 0 Å². The molecule has 7 heteroatoms. The van der Waals surface area contributed by atoms with Crippen molar-refractivity contribution in [3.8, 4) is 11.1 Å². The molecule has 0 radical (unpaired) electrons. The van der Waals surface area contributed by atoms with E-state index in [4.69, 9.17) is 9.15 Å². The summed E-state index contributed by atoms with van der Waals surface area (Å²) in [5.74, 6) is -0.290. The molecule has 1 unspecified atom stereocenters. The van der Waals surface area contributed by atoms with Gasteiger partial charge in [0.1, 0.15) is 18.2 Å². The Kier molecular flexibility index (Phi) is 6.30. The van der Waals surface area contributed by atoms with Crippen LogP contribution in [0.4, 0.5) is 10.5 Å². The van der Waals surface area contributed by atoms with Crippen LogP contribution in [0.2, 0.25) is 0 Å². The number of rotatable bonds is 5. The van der Waals surface area contributed by atoms with E-state index in [0.717, 1.165) is 17.4 Å². The average Bonchev–Trinajstić information content (AvgIpc) is 3.38. The number of nitrogens with one attached hydrogen (secondary N) is 1. The predicted molar refractivity (Wildman–Crippen MR) is 133 cm³/mol. The molecular formula is C28H24N2O5. The van der Waals surface area contributed by atoms with Crippen LogP contribution in [-0.4, -0.2) is 29.5 Å². The molecule has 1 fully saturated rings. The molecule has 1 aliphatic heterocycles. The summed E-state index contributed by atoms with van der Waals surface area (Å²) in [7, 11) is 0. The smallest absolute Gasteiger partial charge is 0.410 e. The Balaban J connectivity index is 1.29. The van der Waals surface area contributed by atoms with Crippen LogP contribution in [0.15, 0.2) is 94.1 Å². The summed E-state index contributed by atoms with van der Waals surface area (Å²) >= 11 is 0. The van der Waals surface area contributed by atoms with Crippen LogP contribution in [0.3, 0.4) is 0 Å². The van der Waals surface area contributed by atoms with E-state index in [0.29, 0.717) is 35.4 Å². The number of anilines is 1. The van der Waals surface area contributed by atoms with E-state index < -0.39 is 17.8 Å². The molecule has 1 aromatic heterocycles. The monoisotopic (exact) mass is 468 g/mol. The topological polar surface area (TPSA) is 88.9 Å². The van der Waals surface area contributed by atoms with Gasteiger partial charge in [0.05, 0.1) is 5.56 Å². The second-order valence-electron chi connectivity index (χ2n) is 8.45. The van der Waals surface area contributed by atoms with Gasteiger partial charge in [0, 0.05) is 17.6 Å². The standard InChI is InChI=1S/C28H24N2O5/c31-26(24-13-7-15-30(24)28(33)34-18-19-8-2-1-3-9-19)29-22-12-6-11-20(16-22)23-17-21-10-4-5-14-25(21)35-27(23)32/h1-6,8-12,14,16-17,24H,7,13,15,18H2,(H,29,31). The van der Waals surface area contributed by atoms with E-state index in [-0.39, 0.29) is 12.5 Å².